The monoisotopic (exact) mass is 348 g/mol. The number of carbonyl (C=O) groups excluding carboxylic acids is 2. The van der Waals surface area contributed by atoms with Gasteiger partial charge in [0.2, 0.25) is 5.91 Å². The molecular formula is C14H22Cl2N4O2. The van der Waals surface area contributed by atoms with Crippen LogP contribution in [-0.2, 0) is 4.79 Å². The highest BCUT2D eigenvalue weighted by Crippen LogP contribution is 2.10. The minimum atomic E-state index is -0.333. The molecule has 0 aromatic carbocycles. The van der Waals surface area contributed by atoms with Gasteiger partial charge in [0.05, 0.1) is 6.54 Å². The van der Waals surface area contributed by atoms with Crippen molar-refractivity contribution >= 4 is 36.6 Å². The zero-order valence-electron chi connectivity index (χ0n) is 12.2. The van der Waals surface area contributed by atoms with Gasteiger partial charge in [-0.1, -0.05) is 6.07 Å². The maximum atomic E-state index is 11.7. The van der Waals surface area contributed by atoms with E-state index in [-0.39, 0.29) is 43.2 Å². The molecule has 22 heavy (non-hydrogen) atoms. The number of aromatic nitrogens is 1. The summed E-state index contributed by atoms with van der Waals surface area (Å²) < 4.78 is 0. The second-order valence-corrected chi connectivity index (χ2v) is 4.90. The lowest BCUT2D eigenvalue weighted by Gasteiger charge is -2.09. The van der Waals surface area contributed by atoms with Crippen LogP contribution < -0.4 is 16.0 Å². The summed E-state index contributed by atoms with van der Waals surface area (Å²) in [6.07, 6.45) is 3.70. The van der Waals surface area contributed by atoms with Gasteiger partial charge >= 0.3 is 0 Å². The van der Waals surface area contributed by atoms with Crippen LogP contribution in [0.2, 0.25) is 0 Å². The van der Waals surface area contributed by atoms with Gasteiger partial charge in [0, 0.05) is 12.7 Å². The molecule has 2 amide bonds. The van der Waals surface area contributed by atoms with Crippen molar-refractivity contribution in [2.45, 2.75) is 12.8 Å². The second kappa shape index (κ2) is 11.2. The molecule has 1 aliphatic rings. The highest BCUT2D eigenvalue weighted by molar-refractivity contribution is 5.94. The van der Waals surface area contributed by atoms with Gasteiger partial charge < -0.3 is 16.0 Å². The maximum absolute atomic E-state index is 11.7. The molecule has 0 spiro atoms. The number of carbonyl (C=O) groups is 2. The molecule has 8 heteroatoms. The van der Waals surface area contributed by atoms with Crippen LogP contribution >= 0.6 is 24.8 Å². The Morgan fingerprint density at radius 2 is 2.09 bits per heavy atom. The van der Waals surface area contributed by atoms with Crippen LogP contribution in [-0.4, -0.2) is 43.0 Å². The quantitative estimate of drug-likeness (QED) is 0.709. The normalized spacial score (nSPS) is 16.1. The van der Waals surface area contributed by atoms with Crippen LogP contribution in [0.3, 0.4) is 0 Å². The van der Waals surface area contributed by atoms with Gasteiger partial charge in [-0.15, -0.1) is 24.8 Å². The third kappa shape index (κ3) is 7.06. The molecule has 1 aromatic heterocycles. The van der Waals surface area contributed by atoms with E-state index in [2.05, 4.69) is 20.9 Å². The number of rotatable bonds is 6. The number of hydrogen-bond acceptors (Lipinski definition) is 4. The Morgan fingerprint density at radius 3 is 2.73 bits per heavy atom. The summed E-state index contributed by atoms with van der Waals surface area (Å²) in [5.74, 6) is 0.152. The van der Waals surface area contributed by atoms with Crippen LogP contribution in [0.15, 0.2) is 24.4 Å². The predicted octanol–water partition coefficient (Wildman–Crippen LogP) is 0.771. The lowest BCUT2D eigenvalue weighted by molar-refractivity contribution is -0.120. The van der Waals surface area contributed by atoms with Crippen molar-refractivity contribution in [2.24, 2.45) is 5.92 Å². The van der Waals surface area contributed by atoms with Crippen molar-refractivity contribution in [1.29, 1.82) is 0 Å². The van der Waals surface area contributed by atoms with E-state index < -0.39 is 0 Å². The summed E-state index contributed by atoms with van der Waals surface area (Å²) in [7, 11) is 0. The van der Waals surface area contributed by atoms with Gasteiger partial charge in [-0.3, -0.25) is 14.6 Å². The first-order valence-electron chi connectivity index (χ1n) is 6.92. The zero-order valence-corrected chi connectivity index (χ0v) is 13.8. The second-order valence-electron chi connectivity index (χ2n) is 4.90. The van der Waals surface area contributed by atoms with E-state index in [1.54, 1.807) is 24.4 Å². The molecule has 0 aliphatic carbocycles. The SMILES string of the molecule is Cl.Cl.O=C(CNC(=O)c1ccccn1)NCCC1CCNC1. The van der Waals surface area contributed by atoms with E-state index in [0.29, 0.717) is 18.2 Å². The topological polar surface area (TPSA) is 83.1 Å². The van der Waals surface area contributed by atoms with Crippen molar-refractivity contribution < 1.29 is 9.59 Å². The maximum Gasteiger partial charge on any atom is 0.270 e. The summed E-state index contributed by atoms with van der Waals surface area (Å²) in [5, 5.41) is 8.66. The Hall–Kier alpha value is -1.37. The Kier molecular flexibility index (Phi) is 10.5. The van der Waals surface area contributed by atoms with Crippen LogP contribution in [0.5, 0.6) is 0 Å². The average molecular weight is 349 g/mol. The smallest absolute Gasteiger partial charge is 0.270 e. The van der Waals surface area contributed by atoms with Crippen LogP contribution in [0.1, 0.15) is 23.3 Å². The van der Waals surface area contributed by atoms with Crippen molar-refractivity contribution in [1.82, 2.24) is 20.9 Å². The third-order valence-corrected chi connectivity index (χ3v) is 3.34. The summed E-state index contributed by atoms with van der Waals surface area (Å²) in [6.45, 7) is 2.74. The van der Waals surface area contributed by atoms with E-state index in [4.69, 9.17) is 0 Å². The summed E-state index contributed by atoms with van der Waals surface area (Å²) in [5.41, 5.74) is 0.317. The van der Waals surface area contributed by atoms with Crippen molar-refractivity contribution in [3.63, 3.8) is 0 Å². The molecule has 1 atom stereocenters. The number of nitrogens with one attached hydrogen (secondary N) is 3. The number of amides is 2. The zero-order chi connectivity index (χ0) is 14.2. The number of nitrogens with zero attached hydrogens (tertiary/aromatic N) is 1. The Bertz CT molecular complexity index is 453. The van der Waals surface area contributed by atoms with Gasteiger partial charge in [-0.2, -0.15) is 0 Å². The predicted molar refractivity (Wildman–Crippen MR) is 89.7 cm³/mol. The molecule has 0 bridgehead atoms. The summed E-state index contributed by atoms with van der Waals surface area (Å²) in [6, 6.07) is 5.08. The molecule has 6 nitrogen and oxygen atoms in total. The molecule has 0 radical (unpaired) electrons. The Morgan fingerprint density at radius 1 is 1.27 bits per heavy atom. The van der Waals surface area contributed by atoms with E-state index in [1.165, 1.54) is 6.42 Å². The standard InChI is InChI=1S/C14H20N4O2.2ClH/c19-13(17-8-5-11-4-7-15-9-11)10-18-14(20)12-3-1-2-6-16-12;;/h1-3,6,11,15H,4-5,7-10H2,(H,17,19)(H,18,20);2*1H. The first-order valence-corrected chi connectivity index (χ1v) is 6.92. The van der Waals surface area contributed by atoms with Gasteiger partial charge in [-0.05, 0) is 44.0 Å². The van der Waals surface area contributed by atoms with Gasteiger partial charge in [0.1, 0.15) is 5.69 Å². The molecule has 1 unspecified atom stereocenters. The third-order valence-electron chi connectivity index (χ3n) is 3.34. The molecular weight excluding hydrogens is 327 g/mol. The Balaban J connectivity index is 0.00000220. The molecule has 2 rings (SSSR count). The van der Waals surface area contributed by atoms with Crippen molar-refractivity contribution in [3.05, 3.63) is 30.1 Å². The fourth-order valence-electron chi connectivity index (χ4n) is 2.19. The fraction of sp³-hybridized carbons (Fsp3) is 0.500. The van der Waals surface area contributed by atoms with E-state index in [9.17, 15) is 9.59 Å². The lowest BCUT2D eigenvalue weighted by Crippen LogP contribution is -2.38. The molecule has 0 saturated carbocycles. The van der Waals surface area contributed by atoms with Gasteiger partial charge in [0.25, 0.3) is 5.91 Å². The van der Waals surface area contributed by atoms with Crippen LogP contribution in [0.25, 0.3) is 0 Å². The van der Waals surface area contributed by atoms with Gasteiger partial charge in [0.15, 0.2) is 0 Å². The van der Waals surface area contributed by atoms with Crippen LogP contribution in [0, 0.1) is 5.92 Å². The van der Waals surface area contributed by atoms with E-state index in [1.807, 2.05) is 0 Å². The highest BCUT2D eigenvalue weighted by atomic mass is 35.5. The number of pyridine rings is 1. The van der Waals surface area contributed by atoms with Gasteiger partial charge in [-0.25, -0.2) is 0 Å². The van der Waals surface area contributed by atoms with Crippen molar-refractivity contribution in [3.8, 4) is 0 Å². The fourth-order valence-corrected chi connectivity index (χ4v) is 2.19. The molecule has 124 valence electrons. The van der Waals surface area contributed by atoms with Crippen molar-refractivity contribution in [2.75, 3.05) is 26.2 Å². The number of halogens is 2. The van der Waals surface area contributed by atoms with E-state index in [0.717, 1.165) is 19.5 Å². The molecule has 1 aliphatic heterocycles. The average Bonchev–Trinajstić information content (AvgIpc) is 2.99. The first-order chi connectivity index (χ1) is 9.75. The summed E-state index contributed by atoms with van der Waals surface area (Å²) in [4.78, 5) is 27.2. The molecule has 3 N–H and O–H groups in total. The minimum absolute atomic E-state index is 0. The van der Waals surface area contributed by atoms with E-state index >= 15 is 0 Å². The molecule has 1 saturated heterocycles. The lowest BCUT2D eigenvalue weighted by atomic mass is 10.1. The van der Waals surface area contributed by atoms with Crippen LogP contribution in [0.4, 0.5) is 0 Å². The highest BCUT2D eigenvalue weighted by Gasteiger charge is 2.14. The minimum Gasteiger partial charge on any atom is -0.355 e. The molecule has 2 heterocycles. The first kappa shape index (κ1) is 20.6. The number of hydrogen-bond donors (Lipinski definition) is 3. The summed E-state index contributed by atoms with van der Waals surface area (Å²) >= 11 is 0. The largest absolute Gasteiger partial charge is 0.355 e. The molecule has 1 fully saturated rings. The molecule has 1 aromatic rings. The Labute approximate surface area is 142 Å².